The molecule has 1 aromatic heterocycles. The molecule has 0 bridgehead atoms. The second-order valence-corrected chi connectivity index (χ2v) is 8.11. The van der Waals surface area contributed by atoms with Crippen LogP contribution in [0.3, 0.4) is 0 Å². The van der Waals surface area contributed by atoms with Gasteiger partial charge < -0.3 is 9.67 Å². The maximum Gasteiger partial charge on any atom is 0.115 e. The zero-order valence-corrected chi connectivity index (χ0v) is 18.2. The lowest BCUT2D eigenvalue weighted by Gasteiger charge is -2.23. The number of phenolic OH excluding ortho intramolecular Hbond substituents is 1. The van der Waals surface area contributed by atoms with Crippen LogP contribution in [0.2, 0.25) is 0 Å². The van der Waals surface area contributed by atoms with Gasteiger partial charge in [0, 0.05) is 11.4 Å². The van der Waals surface area contributed by atoms with Crippen molar-refractivity contribution in [2.75, 3.05) is 0 Å². The molecule has 0 aliphatic rings. The Morgan fingerprint density at radius 2 is 1.48 bits per heavy atom. The predicted molar refractivity (Wildman–Crippen MR) is 124 cm³/mol. The minimum Gasteiger partial charge on any atom is -0.508 e. The summed E-state index contributed by atoms with van der Waals surface area (Å²) in [4.78, 5) is 0. The van der Waals surface area contributed by atoms with Crippen LogP contribution in [0.5, 0.6) is 5.75 Å². The number of rotatable bonds is 10. The number of hydrogen-bond donors (Lipinski definition) is 1. The number of phenols is 1. The van der Waals surface area contributed by atoms with Gasteiger partial charge in [0.05, 0.1) is 6.04 Å². The van der Waals surface area contributed by atoms with Crippen LogP contribution in [0.15, 0.2) is 60.7 Å². The van der Waals surface area contributed by atoms with E-state index in [1.807, 2.05) is 12.1 Å². The zero-order chi connectivity index (χ0) is 20.6. The fraction of sp³-hybridized carbons (Fsp3) is 0.407. The Balaban J connectivity index is 1.78. The molecule has 0 amide bonds. The summed E-state index contributed by atoms with van der Waals surface area (Å²) in [5.74, 6) is 0.306. The van der Waals surface area contributed by atoms with Gasteiger partial charge in [0.15, 0.2) is 0 Å². The number of hydrogen-bond acceptors (Lipinski definition) is 1. The molecule has 0 radical (unpaired) electrons. The van der Waals surface area contributed by atoms with Crippen LogP contribution in [0, 0.1) is 6.92 Å². The standard InChI is InChI=1S/C27H35NO/c1-4-6-7-8-9-10-22-12-14-23(15-13-22)26(5-2)28-21(3)11-20-27(28)24-16-18-25(29)19-17-24/h11-20,26,29H,4-10H2,1-3H3. The summed E-state index contributed by atoms with van der Waals surface area (Å²) in [5, 5.41) is 9.63. The lowest BCUT2D eigenvalue weighted by Crippen LogP contribution is -2.12. The Morgan fingerprint density at radius 1 is 0.793 bits per heavy atom. The normalized spacial score (nSPS) is 12.2. The average Bonchev–Trinajstić information content (AvgIpc) is 3.11. The second kappa shape index (κ2) is 10.3. The van der Waals surface area contributed by atoms with E-state index >= 15 is 0 Å². The van der Waals surface area contributed by atoms with E-state index in [4.69, 9.17) is 0 Å². The largest absolute Gasteiger partial charge is 0.508 e. The van der Waals surface area contributed by atoms with Crippen molar-refractivity contribution in [2.24, 2.45) is 0 Å². The lowest BCUT2D eigenvalue weighted by atomic mass is 9.99. The van der Waals surface area contributed by atoms with Crippen LogP contribution in [-0.2, 0) is 6.42 Å². The SMILES string of the molecule is CCCCCCCc1ccc(C(CC)n2c(C)ccc2-c2ccc(O)cc2)cc1. The molecule has 3 aromatic rings. The molecule has 1 atom stereocenters. The molecule has 0 saturated carbocycles. The van der Waals surface area contributed by atoms with Crippen LogP contribution in [0.4, 0.5) is 0 Å². The Bertz CT molecular complexity index is 874. The Morgan fingerprint density at radius 3 is 2.14 bits per heavy atom. The van der Waals surface area contributed by atoms with Gasteiger partial charge in [-0.05, 0) is 79.3 Å². The van der Waals surface area contributed by atoms with Gasteiger partial charge in [-0.25, -0.2) is 0 Å². The van der Waals surface area contributed by atoms with E-state index in [-0.39, 0.29) is 0 Å². The smallest absolute Gasteiger partial charge is 0.115 e. The summed E-state index contributed by atoms with van der Waals surface area (Å²) >= 11 is 0. The van der Waals surface area contributed by atoms with Crippen molar-refractivity contribution in [3.63, 3.8) is 0 Å². The van der Waals surface area contributed by atoms with E-state index in [0.717, 1.165) is 12.0 Å². The van der Waals surface area contributed by atoms with Gasteiger partial charge in [-0.3, -0.25) is 0 Å². The van der Waals surface area contributed by atoms with Gasteiger partial charge in [-0.1, -0.05) is 63.8 Å². The monoisotopic (exact) mass is 389 g/mol. The van der Waals surface area contributed by atoms with Gasteiger partial charge in [0.1, 0.15) is 5.75 Å². The first-order chi connectivity index (χ1) is 14.1. The first-order valence-corrected chi connectivity index (χ1v) is 11.2. The number of unbranched alkanes of at least 4 members (excludes halogenated alkanes) is 4. The molecule has 2 aromatic carbocycles. The molecule has 29 heavy (non-hydrogen) atoms. The topological polar surface area (TPSA) is 25.2 Å². The third kappa shape index (κ3) is 5.32. The zero-order valence-electron chi connectivity index (χ0n) is 18.2. The van der Waals surface area contributed by atoms with Gasteiger partial charge in [0.25, 0.3) is 0 Å². The highest BCUT2D eigenvalue weighted by Crippen LogP contribution is 2.32. The van der Waals surface area contributed by atoms with Gasteiger partial charge in [0.2, 0.25) is 0 Å². The average molecular weight is 390 g/mol. The summed E-state index contributed by atoms with van der Waals surface area (Å²) in [5.41, 5.74) is 6.41. The highest BCUT2D eigenvalue weighted by Gasteiger charge is 2.17. The number of benzene rings is 2. The Kier molecular flexibility index (Phi) is 7.57. The summed E-state index contributed by atoms with van der Waals surface area (Å²) < 4.78 is 2.44. The lowest BCUT2D eigenvalue weighted by molar-refractivity contribution is 0.475. The van der Waals surface area contributed by atoms with Crippen LogP contribution in [0.1, 0.15) is 75.2 Å². The molecule has 0 aliphatic heterocycles. The Hall–Kier alpha value is -2.48. The predicted octanol–water partition coefficient (Wildman–Crippen LogP) is 7.68. The third-order valence-corrected chi connectivity index (χ3v) is 5.92. The molecule has 2 heteroatoms. The van der Waals surface area contributed by atoms with E-state index in [1.165, 1.54) is 61.0 Å². The number of nitrogens with zero attached hydrogens (tertiary/aromatic N) is 1. The van der Waals surface area contributed by atoms with Crippen LogP contribution < -0.4 is 0 Å². The summed E-state index contributed by atoms with van der Waals surface area (Å²) in [7, 11) is 0. The van der Waals surface area contributed by atoms with Crippen molar-refractivity contribution in [2.45, 2.75) is 71.8 Å². The molecule has 1 unspecified atom stereocenters. The van der Waals surface area contributed by atoms with Crippen molar-refractivity contribution in [1.82, 2.24) is 4.57 Å². The molecule has 0 spiro atoms. The van der Waals surface area contributed by atoms with E-state index in [2.05, 4.69) is 61.7 Å². The molecule has 1 N–H and O–H groups in total. The van der Waals surface area contributed by atoms with Crippen LogP contribution in [-0.4, -0.2) is 9.67 Å². The number of aromatic hydroxyl groups is 1. The van der Waals surface area contributed by atoms with E-state index < -0.39 is 0 Å². The summed E-state index contributed by atoms with van der Waals surface area (Å²) in [6, 6.07) is 21.5. The third-order valence-electron chi connectivity index (χ3n) is 5.92. The molecule has 2 nitrogen and oxygen atoms in total. The van der Waals surface area contributed by atoms with Gasteiger partial charge >= 0.3 is 0 Å². The van der Waals surface area contributed by atoms with Crippen molar-refractivity contribution in [1.29, 1.82) is 0 Å². The molecule has 1 heterocycles. The highest BCUT2D eigenvalue weighted by molar-refractivity contribution is 5.62. The summed E-state index contributed by atoms with van der Waals surface area (Å²) in [6.07, 6.45) is 8.87. The quantitative estimate of drug-likeness (QED) is 0.353. The minimum atomic E-state index is 0.306. The molecule has 0 aliphatic carbocycles. The van der Waals surface area contributed by atoms with Crippen LogP contribution in [0.25, 0.3) is 11.3 Å². The Labute approximate surface area is 176 Å². The fourth-order valence-corrected chi connectivity index (χ4v) is 4.24. The highest BCUT2D eigenvalue weighted by atomic mass is 16.3. The van der Waals surface area contributed by atoms with Crippen molar-refractivity contribution < 1.29 is 5.11 Å². The molecule has 3 rings (SSSR count). The van der Waals surface area contributed by atoms with Crippen molar-refractivity contribution in [3.8, 4) is 17.0 Å². The number of aryl methyl sites for hydroxylation is 2. The molecule has 0 fully saturated rings. The second-order valence-electron chi connectivity index (χ2n) is 8.11. The first kappa shape index (κ1) is 21.2. The van der Waals surface area contributed by atoms with Gasteiger partial charge in [-0.15, -0.1) is 0 Å². The molecular weight excluding hydrogens is 354 g/mol. The van der Waals surface area contributed by atoms with Crippen molar-refractivity contribution >= 4 is 0 Å². The summed E-state index contributed by atoms with van der Waals surface area (Å²) in [6.45, 7) is 6.70. The van der Waals surface area contributed by atoms with Gasteiger partial charge in [-0.2, -0.15) is 0 Å². The first-order valence-electron chi connectivity index (χ1n) is 11.2. The van der Waals surface area contributed by atoms with E-state index in [9.17, 15) is 5.11 Å². The molecule has 154 valence electrons. The maximum absolute atomic E-state index is 9.63. The van der Waals surface area contributed by atoms with E-state index in [1.54, 1.807) is 12.1 Å². The fourth-order valence-electron chi connectivity index (χ4n) is 4.24. The van der Waals surface area contributed by atoms with E-state index in [0.29, 0.717) is 11.8 Å². The molecular formula is C27H35NO. The molecule has 0 saturated heterocycles. The van der Waals surface area contributed by atoms with Crippen LogP contribution >= 0.6 is 0 Å². The minimum absolute atomic E-state index is 0.306. The maximum atomic E-state index is 9.63. The van der Waals surface area contributed by atoms with Crippen molar-refractivity contribution in [3.05, 3.63) is 77.5 Å². The number of aromatic nitrogens is 1.